The number of rotatable bonds is 20. The second kappa shape index (κ2) is 18.5. The van der Waals surface area contributed by atoms with E-state index < -0.39 is 53.1 Å². The first-order valence-electron chi connectivity index (χ1n) is 15.4. The van der Waals surface area contributed by atoms with E-state index in [4.69, 9.17) is 38.5 Å². The summed E-state index contributed by atoms with van der Waals surface area (Å²) in [6, 6.07) is 0. The van der Waals surface area contributed by atoms with Crippen LogP contribution in [0.25, 0.3) is 0 Å². The summed E-state index contributed by atoms with van der Waals surface area (Å²) in [4.78, 5) is 59.5. The highest BCUT2D eigenvalue weighted by Crippen LogP contribution is 2.25. The maximum absolute atomic E-state index is 12.5. The van der Waals surface area contributed by atoms with E-state index in [-0.39, 0.29) is 0 Å². The quantitative estimate of drug-likeness (QED) is 0.0425. The van der Waals surface area contributed by atoms with Crippen LogP contribution in [0.3, 0.4) is 0 Å². The molecule has 0 aromatic rings. The molecule has 2 atom stereocenters. The Morgan fingerprint density at radius 3 is 1.14 bits per heavy atom. The fourth-order valence-electron chi connectivity index (χ4n) is 3.61. The third-order valence-corrected chi connectivity index (χ3v) is 6.20. The summed E-state index contributed by atoms with van der Waals surface area (Å²) in [7, 11) is 0. The molecule has 0 spiro atoms. The summed E-state index contributed by atoms with van der Waals surface area (Å²) in [5.74, 6) is -1.36. The highest BCUT2D eigenvalue weighted by molar-refractivity contribution is 5.88. The average molecular weight is 631 g/mol. The van der Waals surface area contributed by atoms with Gasteiger partial charge in [-0.1, -0.05) is 38.8 Å². The van der Waals surface area contributed by atoms with E-state index in [1.807, 2.05) is 55.4 Å². The first-order chi connectivity index (χ1) is 20.0. The van der Waals surface area contributed by atoms with Crippen LogP contribution in [0, 0.1) is 0 Å². The van der Waals surface area contributed by atoms with Gasteiger partial charge >= 0.3 is 18.1 Å². The summed E-state index contributed by atoms with van der Waals surface area (Å²) in [6.45, 7) is 25.2. The van der Waals surface area contributed by atoms with Crippen molar-refractivity contribution in [1.82, 2.24) is 0 Å². The lowest BCUT2D eigenvalue weighted by Gasteiger charge is -2.30. The number of hydrogen-bond donors (Lipinski definition) is 0. The maximum Gasteiger partial charge on any atom is 0.514 e. The van der Waals surface area contributed by atoms with Gasteiger partial charge in [-0.2, -0.15) is 0 Å². The fourth-order valence-corrected chi connectivity index (χ4v) is 3.61. The van der Waals surface area contributed by atoms with Crippen LogP contribution in [-0.4, -0.2) is 53.1 Å². The summed E-state index contributed by atoms with van der Waals surface area (Å²) < 4.78 is 20.3. The van der Waals surface area contributed by atoms with Crippen molar-refractivity contribution in [2.24, 2.45) is 0 Å². The van der Waals surface area contributed by atoms with Gasteiger partial charge in [-0.25, -0.2) is 33.9 Å². The molecule has 44 heavy (non-hydrogen) atoms. The normalized spacial score (nSPS) is 15.0. The average Bonchev–Trinajstić information content (AvgIpc) is 2.88. The van der Waals surface area contributed by atoms with E-state index in [1.165, 1.54) is 13.8 Å². The predicted molar refractivity (Wildman–Crippen MR) is 166 cm³/mol. The summed E-state index contributed by atoms with van der Waals surface area (Å²) in [5.41, 5.74) is -1.64. The molecule has 0 saturated heterocycles. The lowest BCUT2D eigenvalue weighted by atomic mass is 10.0. The molecular formula is C33H58O11. The van der Waals surface area contributed by atoms with Crippen LogP contribution in [-0.2, 0) is 48.1 Å². The van der Waals surface area contributed by atoms with E-state index in [9.17, 15) is 14.4 Å². The van der Waals surface area contributed by atoms with Crippen LogP contribution in [0.4, 0.5) is 4.79 Å². The van der Waals surface area contributed by atoms with Gasteiger partial charge in [0.25, 0.3) is 0 Å². The molecule has 0 fully saturated rings. The number of carbonyl (C=O) groups excluding carboxylic acids is 3. The minimum absolute atomic E-state index is 0.299. The smallest absolute Gasteiger partial charge is 0.422 e. The molecule has 0 aliphatic heterocycles. The second-order valence-electron chi connectivity index (χ2n) is 13.5. The fraction of sp³-hybridized carbons (Fsp3) is 0.788. The topological polar surface area (TPSA) is 125 Å². The lowest BCUT2D eigenvalue weighted by molar-refractivity contribution is -0.401. The Morgan fingerprint density at radius 1 is 0.545 bits per heavy atom. The molecule has 0 heterocycles. The molecule has 0 saturated carbocycles. The Hall–Kier alpha value is -2.47. The number of esters is 2. The van der Waals surface area contributed by atoms with Gasteiger partial charge in [0.2, 0.25) is 12.6 Å². The van der Waals surface area contributed by atoms with Crippen LogP contribution in [0.2, 0.25) is 0 Å². The molecule has 11 heteroatoms. The van der Waals surface area contributed by atoms with Crippen molar-refractivity contribution >= 4 is 18.1 Å². The van der Waals surface area contributed by atoms with Crippen LogP contribution in [0.5, 0.6) is 0 Å². The molecule has 0 aliphatic carbocycles. The van der Waals surface area contributed by atoms with Crippen molar-refractivity contribution in [2.75, 3.05) is 0 Å². The molecule has 0 aromatic heterocycles. The van der Waals surface area contributed by atoms with Crippen LogP contribution in [0.15, 0.2) is 23.3 Å². The van der Waals surface area contributed by atoms with Gasteiger partial charge in [-0.15, -0.1) is 0 Å². The van der Waals surface area contributed by atoms with Crippen LogP contribution < -0.4 is 0 Å². The Labute approximate surface area is 264 Å². The van der Waals surface area contributed by atoms with E-state index in [0.717, 1.165) is 25.7 Å². The second-order valence-corrected chi connectivity index (χ2v) is 13.5. The summed E-state index contributed by atoms with van der Waals surface area (Å²) in [5, 5.41) is 0. The highest BCUT2D eigenvalue weighted by atomic mass is 17.2. The third-order valence-electron chi connectivity index (χ3n) is 6.20. The predicted octanol–water partition coefficient (Wildman–Crippen LogP) is 8.20. The van der Waals surface area contributed by atoms with E-state index in [0.29, 0.717) is 24.0 Å². The molecule has 2 unspecified atom stereocenters. The van der Waals surface area contributed by atoms with Crippen molar-refractivity contribution < 1.29 is 52.9 Å². The molecule has 0 radical (unpaired) electrons. The molecule has 0 amide bonds. The highest BCUT2D eigenvalue weighted by Gasteiger charge is 2.28. The zero-order valence-corrected chi connectivity index (χ0v) is 29.5. The minimum atomic E-state index is -1.25. The van der Waals surface area contributed by atoms with E-state index in [1.54, 1.807) is 26.0 Å². The molecule has 0 N–H and O–H groups in total. The van der Waals surface area contributed by atoms with E-state index in [2.05, 4.69) is 13.8 Å². The zero-order chi connectivity index (χ0) is 34.4. The van der Waals surface area contributed by atoms with Crippen molar-refractivity contribution in [3.05, 3.63) is 23.3 Å². The molecule has 0 rings (SSSR count). The Bertz CT molecular complexity index is 900. The standard InChI is InChI=1S/C33H58O11/c1-15-19-30(7,8)41-43-32(11,12)21-17-23(3)27(34)37-25(5)39-29(36)40-26(6)38-28(35)24(4)18-22-33(13,14)44-42-31(9,10)20-16-2/h17-18,25-26H,15-16,19-22H2,1-14H3/b23-17+,24-18+. The van der Waals surface area contributed by atoms with Gasteiger partial charge in [0.05, 0.1) is 11.2 Å². The molecule has 0 aromatic carbocycles. The van der Waals surface area contributed by atoms with Gasteiger partial charge in [0, 0.05) is 25.0 Å². The van der Waals surface area contributed by atoms with Crippen molar-refractivity contribution in [2.45, 2.75) is 170 Å². The first kappa shape index (κ1) is 41.5. The molecular weight excluding hydrogens is 572 g/mol. The molecule has 0 aliphatic rings. The van der Waals surface area contributed by atoms with Crippen LogP contribution in [0.1, 0.15) is 135 Å². The monoisotopic (exact) mass is 630 g/mol. The lowest BCUT2D eigenvalue weighted by Crippen LogP contribution is -2.32. The van der Waals surface area contributed by atoms with Gasteiger partial charge in [0.1, 0.15) is 11.2 Å². The molecule has 256 valence electrons. The van der Waals surface area contributed by atoms with E-state index >= 15 is 0 Å². The Morgan fingerprint density at radius 2 is 0.841 bits per heavy atom. The van der Waals surface area contributed by atoms with Crippen molar-refractivity contribution in [3.63, 3.8) is 0 Å². The first-order valence-corrected chi connectivity index (χ1v) is 15.4. The van der Waals surface area contributed by atoms with Gasteiger partial charge in [-0.05, 0) is 94.9 Å². The van der Waals surface area contributed by atoms with Crippen molar-refractivity contribution in [1.29, 1.82) is 0 Å². The van der Waals surface area contributed by atoms with Gasteiger partial charge in [0.15, 0.2) is 0 Å². The SMILES string of the molecule is CCCC(C)(C)OOC(C)(C)C/C=C(\C)C(=O)OC(C)OC(=O)OC(C)OC(=O)/C(C)=C/CC(C)(C)OOC(C)(C)CCC. The number of carbonyl (C=O) groups is 3. The Balaban J connectivity index is 4.73. The maximum atomic E-state index is 12.5. The molecule has 0 bridgehead atoms. The zero-order valence-electron chi connectivity index (χ0n) is 29.5. The number of hydrogen-bond acceptors (Lipinski definition) is 11. The van der Waals surface area contributed by atoms with Gasteiger partial charge < -0.3 is 18.9 Å². The largest absolute Gasteiger partial charge is 0.514 e. The van der Waals surface area contributed by atoms with Gasteiger partial charge in [-0.3, -0.25) is 0 Å². The third kappa shape index (κ3) is 19.0. The Kier molecular flexibility index (Phi) is 17.4. The minimum Gasteiger partial charge on any atom is -0.422 e. The molecule has 11 nitrogen and oxygen atoms in total. The number of ether oxygens (including phenoxy) is 4. The summed E-state index contributed by atoms with van der Waals surface area (Å²) in [6.07, 6.45) is 3.99. The van der Waals surface area contributed by atoms with Crippen molar-refractivity contribution in [3.8, 4) is 0 Å². The van der Waals surface area contributed by atoms with Crippen LogP contribution >= 0.6 is 0 Å². The summed E-state index contributed by atoms with van der Waals surface area (Å²) >= 11 is 0.